The Bertz CT molecular complexity index is 1420. The largest absolute Gasteiger partial charge is 0.380 e. The van der Waals surface area contributed by atoms with Gasteiger partial charge in [0.05, 0.1) is 44.5 Å². The molecule has 5 N–H and O–H groups in total. The van der Waals surface area contributed by atoms with Crippen LogP contribution in [0.4, 0.5) is 0 Å². The van der Waals surface area contributed by atoms with Gasteiger partial charge in [-0.15, -0.1) is 0 Å². The van der Waals surface area contributed by atoms with Crippen molar-refractivity contribution < 1.29 is 42.4 Å². The van der Waals surface area contributed by atoms with Crippen LogP contribution in [-0.4, -0.2) is 120 Å². The lowest BCUT2D eigenvalue weighted by Gasteiger charge is -2.33. The van der Waals surface area contributed by atoms with Crippen molar-refractivity contribution in [2.75, 3.05) is 72.9 Å². The number of carbonyl (C=O) groups excluding carboxylic acids is 2. The van der Waals surface area contributed by atoms with Crippen molar-refractivity contribution in [1.82, 2.24) is 20.3 Å². The number of aliphatic hydroxyl groups is 2. The lowest BCUT2D eigenvalue weighted by atomic mass is 9.85. The first-order valence-corrected chi connectivity index (χ1v) is 17.1. The number of nitrogens with zero attached hydrogens (tertiary/aromatic N) is 1. The van der Waals surface area contributed by atoms with Crippen LogP contribution in [0.1, 0.15) is 29.5 Å². The Morgan fingerprint density at radius 2 is 1.54 bits per heavy atom. The highest BCUT2D eigenvalue weighted by Gasteiger charge is 2.30. The third kappa shape index (κ3) is 11.4. The number of likely N-dealkylation sites (N-methyl/N-ethyl adjacent to an activating group) is 2. The predicted octanol–water partition coefficient (Wildman–Crippen LogP) is 0.873. The second kappa shape index (κ2) is 18.8. The van der Waals surface area contributed by atoms with Gasteiger partial charge in [-0.3, -0.25) is 9.59 Å². The number of ether oxygens (including phenoxy) is 3. The molecule has 2 aromatic rings. The maximum absolute atomic E-state index is 13.0. The monoisotopic (exact) mass is 704 g/mol. The Labute approximate surface area is 279 Å². The molecule has 46 heavy (non-hydrogen) atoms. The fraction of sp³-hybridized carbons (Fsp3) is 0.533. The molecule has 0 aromatic heterocycles. The van der Waals surface area contributed by atoms with E-state index in [2.05, 4.69) is 20.3 Å². The van der Waals surface area contributed by atoms with Crippen molar-refractivity contribution in [2.24, 2.45) is 0 Å². The van der Waals surface area contributed by atoms with Crippen molar-refractivity contribution in [1.29, 1.82) is 0 Å². The average Bonchev–Trinajstić information content (AvgIpc) is 3.02. The van der Waals surface area contributed by atoms with E-state index < -0.39 is 34.0 Å². The van der Waals surface area contributed by atoms with Gasteiger partial charge in [0.15, 0.2) is 12.2 Å². The second-order valence-corrected chi connectivity index (χ2v) is 13.2. The molecule has 1 heterocycles. The molecule has 256 valence electrons. The van der Waals surface area contributed by atoms with Gasteiger partial charge >= 0.3 is 0 Å². The van der Waals surface area contributed by atoms with Crippen LogP contribution in [0.5, 0.6) is 0 Å². The molecule has 0 saturated heterocycles. The number of hydrogen-bond acceptors (Lipinski definition) is 10. The molecule has 13 nitrogen and oxygen atoms in total. The number of rotatable bonds is 19. The number of sulfonamides is 1. The van der Waals surface area contributed by atoms with Crippen LogP contribution in [-0.2, 0) is 40.4 Å². The normalized spacial score (nSPS) is 16.4. The second-order valence-electron chi connectivity index (χ2n) is 10.6. The number of nitrogens with one attached hydrogen (secondary N) is 3. The number of aliphatic hydroxyl groups excluding tert-OH is 2. The molecule has 1 aliphatic rings. The molecule has 3 rings (SSSR count). The van der Waals surface area contributed by atoms with Gasteiger partial charge in [-0.25, -0.2) is 13.1 Å². The molecule has 0 fully saturated rings. The highest BCUT2D eigenvalue weighted by molar-refractivity contribution is 7.89. The summed E-state index contributed by atoms with van der Waals surface area (Å²) < 4.78 is 44.7. The summed E-state index contributed by atoms with van der Waals surface area (Å²) in [7, 11) is -1.78. The van der Waals surface area contributed by atoms with Crippen molar-refractivity contribution in [2.45, 2.75) is 36.5 Å². The van der Waals surface area contributed by atoms with Gasteiger partial charge in [-0.05, 0) is 54.9 Å². The quantitative estimate of drug-likeness (QED) is 0.132. The molecular formula is C30H42Cl2N4O9S. The van der Waals surface area contributed by atoms with Crippen LogP contribution in [0.25, 0.3) is 0 Å². The van der Waals surface area contributed by atoms with E-state index in [-0.39, 0.29) is 70.1 Å². The van der Waals surface area contributed by atoms with Crippen molar-refractivity contribution in [3.63, 3.8) is 0 Å². The molecule has 0 aliphatic carbocycles. The molecule has 0 bridgehead atoms. The van der Waals surface area contributed by atoms with Crippen LogP contribution in [0.15, 0.2) is 41.3 Å². The standard InChI is InChI=1S/C30H42Cl2N4O9S/c1-3-33-29(39)27(37)28(38)30(40)34-7-9-43-11-13-45-14-12-44-10-8-35-46(41,42)22-6-4-5-20(15-22)24-18-36(2)19-25-23(24)16-21(31)17-26(25)32/h4-6,15-17,24,27-28,35,37-38H,3,7-14,18-19H2,1-2H3,(H,33,39)(H,34,40)/t24-,27-,28-/m0/s1. The summed E-state index contributed by atoms with van der Waals surface area (Å²) >= 11 is 12.8. The smallest absolute Gasteiger partial charge is 0.252 e. The first-order chi connectivity index (χ1) is 21.9. The SMILES string of the molecule is CCNC(=O)[C@@H](O)[C@H](O)C(=O)NCCOCCOCCOCCNS(=O)(=O)c1cccc([C@@H]2CN(C)Cc3c(Cl)cc(Cl)cc32)c1. The van der Waals surface area contributed by atoms with Crippen molar-refractivity contribution >= 4 is 45.0 Å². The molecule has 16 heteroatoms. The zero-order valence-electron chi connectivity index (χ0n) is 25.8. The number of fused-ring (bicyclic) bond motifs is 1. The van der Waals surface area contributed by atoms with E-state index in [0.29, 0.717) is 23.1 Å². The Kier molecular flexibility index (Phi) is 15.6. The van der Waals surface area contributed by atoms with Gasteiger partial charge < -0.3 is 40.0 Å². The van der Waals surface area contributed by atoms with E-state index in [4.69, 9.17) is 37.4 Å². The average molecular weight is 706 g/mol. The van der Waals surface area contributed by atoms with Crippen LogP contribution in [0, 0.1) is 0 Å². The molecule has 2 aromatic carbocycles. The first kappa shape index (κ1) is 38.1. The Morgan fingerprint density at radius 1 is 0.935 bits per heavy atom. The van der Waals surface area contributed by atoms with Gasteiger partial charge in [-0.1, -0.05) is 35.3 Å². The molecule has 0 spiro atoms. The van der Waals surface area contributed by atoms with E-state index in [1.54, 1.807) is 31.2 Å². The van der Waals surface area contributed by atoms with E-state index in [9.17, 15) is 28.2 Å². The zero-order valence-corrected chi connectivity index (χ0v) is 28.2. The van der Waals surface area contributed by atoms with Gasteiger partial charge in [0.1, 0.15) is 0 Å². The van der Waals surface area contributed by atoms with Crippen molar-refractivity contribution in [3.8, 4) is 0 Å². The third-order valence-corrected chi connectivity index (χ3v) is 9.09. The van der Waals surface area contributed by atoms with Crippen LogP contribution >= 0.6 is 23.2 Å². The topological polar surface area (TPSA) is 176 Å². The van der Waals surface area contributed by atoms with Crippen LogP contribution in [0.3, 0.4) is 0 Å². The molecule has 0 unspecified atom stereocenters. The van der Waals surface area contributed by atoms with Crippen LogP contribution < -0.4 is 15.4 Å². The predicted molar refractivity (Wildman–Crippen MR) is 172 cm³/mol. The summed E-state index contributed by atoms with van der Waals surface area (Å²) in [5, 5.41) is 25.2. The summed E-state index contributed by atoms with van der Waals surface area (Å²) in [6.45, 7) is 4.72. The van der Waals surface area contributed by atoms with Gasteiger partial charge in [-0.2, -0.15) is 0 Å². The number of hydrogen-bond donors (Lipinski definition) is 5. The summed E-state index contributed by atoms with van der Waals surface area (Å²) in [6.07, 6.45) is -3.74. The fourth-order valence-corrected chi connectivity index (χ4v) is 6.46. The summed E-state index contributed by atoms with van der Waals surface area (Å²) in [5.41, 5.74) is 2.83. The number of carbonyl (C=O) groups is 2. The Balaban J connectivity index is 1.30. The third-order valence-electron chi connectivity index (χ3n) is 7.08. The number of benzene rings is 2. The zero-order chi connectivity index (χ0) is 33.7. The van der Waals surface area contributed by atoms with E-state index in [1.807, 2.05) is 19.2 Å². The fourth-order valence-electron chi connectivity index (χ4n) is 4.82. The number of halogens is 2. The molecule has 3 atom stereocenters. The summed E-state index contributed by atoms with van der Waals surface area (Å²) in [4.78, 5) is 25.6. The highest BCUT2D eigenvalue weighted by Crippen LogP contribution is 2.38. The molecule has 2 amide bonds. The summed E-state index contributed by atoms with van der Waals surface area (Å²) in [5.74, 6) is -1.81. The molecule has 1 aliphatic heterocycles. The minimum absolute atomic E-state index is 0.0664. The molecular weight excluding hydrogens is 663 g/mol. The molecule has 0 radical (unpaired) electrons. The minimum atomic E-state index is -3.78. The van der Waals surface area contributed by atoms with Crippen molar-refractivity contribution in [3.05, 3.63) is 63.1 Å². The van der Waals surface area contributed by atoms with Gasteiger partial charge in [0.25, 0.3) is 11.8 Å². The Hall–Kier alpha value is -2.37. The molecule has 0 saturated carbocycles. The lowest BCUT2D eigenvalue weighted by molar-refractivity contribution is -0.146. The maximum atomic E-state index is 13.0. The van der Waals surface area contributed by atoms with E-state index in [0.717, 1.165) is 16.7 Å². The van der Waals surface area contributed by atoms with Crippen LogP contribution in [0.2, 0.25) is 10.0 Å². The Morgan fingerprint density at radius 3 is 2.20 bits per heavy atom. The highest BCUT2D eigenvalue weighted by atomic mass is 35.5. The lowest BCUT2D eigenvalue weighted by Crippen LogP contribution is -2.49. The summed E-state index contributed by atoms with van der Waals surface area (Å²) in [6, 6.07) is 10.5. The van der Waals surface area contributed by atoms with E-state index >= 15 is 0 Å². The maximum Gasteiger partial charge on any atom is 0.252 e. The number of amides is 2. The van der Waals surface area contributed by atoms with Gasteiger partial charge in [0, 0.05) is 48.7 Å². The first-order valence-electron chi connectivity index (χ1n) is 14.8. The van der Waals surface area contributed by atoms with E-state index in [1.165, 1.54) is 0 Å². The van der Waals surface area contributed by atoms with Gasteiger partial charge in [0.2, 0.25) is 10.0 Å². The minimum Gasteiger partial charge on any atom is -0.380 e.